The second kappa shape index (κ2) is 6.36. The summed E-state index contributed by atoms with van der Waals surface area (Å²) in [7, 11) is 4.20. The minimum Gasteiger partial charge on any atom is -0.309 e. The lowest BCUT2D eigenvalue weighted by Gasteiger charge is -2.30. The fourth-order valence-corrected chi connectivity index (χ4v) is 4.21. The summed E-state index contributed by atoms with van der Waals surface area (Å²) in [5, 5.41) is 5.92. The van der Waals surface area contributed by atoms with E-state index < -0.39 is 0 Å². The second-order valence-corrected chi connectivity index (χ2v) is 7.69. The van der Waals surface area contributed by atoms with Crippen LogP contribution in [-0.2, 0) is 19.4 Å². The quantitative estimate of drug-likeness (QED) is 0.847. The second-order valence-electron chi connectivity index (χ2n) is 7.69. The Kier molecular flexibility index (Phi) is 4.21. The van der Waals surface area contributed by atoms with Crippen LogP contribution in [0.2, 0.25) is 0 Å². The third-order valence-electron chi connectivity index (χ3n) is 5.72. The fraction of sp³-hybridized carbons (Fsp3) is 0.684. The lowest BCUT2D eigenvalue weighted by molar-refractivity contribution is 0.308. The summed E-state index contributed by atoms with van der Waals surface area (Å²) >= 11 is 0. The molecule has 24 heavy (non-hydrogen) atoms. The number of hydrogen-bond acceptors (Lipinski definition) is 3. The highest BCUT2D eigenvalue weighted by Gasteiger charge is 2.28. The zero-order chi connectivity index (χ0) is 16.7. The first-order chi connectivity index (χ1) is 11.7. The van der Waals surface area contributed by atoms with E-state index >= 15 is 0 Å². The molecule has 0 spiro atoms. The SMILES string of the molecule is CN(C)CCCn1ncc2c3c(c(=O)n(C4CCC4)c21)CCCC3. The van der Waals surface area contributed by atoms with Gasteiger partial charge in [-0.3, -0.25) is 9.36 Å². The van der Waals surface area contributed by atoms with Gasteiger partial charge < -0.3 is 4.90 Å². The molecule has 130 valence electrons. The standard InChI is InChI=1S/C19H28N4O/c1-21(2)11-6-12-22-18-17(13-20-22)15-9-3-4-10-16(15)19(24)23(18)14-7-5-8-14/h13-14H,3-12H2,1-2H3. The van der Waals surface area contributed by atoms with Crippen LogP contribution in [0.1, 0.15) is 55.7 Å². The predicted octanol–water partition coefficient (Wildman–Crippen LogP) is 2.75. The Bertz CT molecular complexity index is 798. The first-order valence-corrected chi connectivity index (χ1v) is 9.43. The maximum Gasteiger partial charge on any atom is 0.255 e. The third kappa shape index (κ3) is 2.59. The summed E-state index contributed by atoms with van der Waals surface area (Å²) in [5.74, 6) is 0. The van der Waals surface area contributed by atoms with Crippen molar-refractivity contribution in [1.29, 1.82) is 0 Å². The van der Waals surface area contributed by atoms with Gasteiger partial charge >= 0.3 is 0 Å². The maximum absolute atomic E-state index is 13.2. The van der Waals surface area contributed by atoms with Crippen molar-refractivity contribution < 1.29 is 0 Å². The van der Waals surface area contributed by atoms with Crippen molar-refractivity contribution in [3.63, 3.8) is 0 Å². The molecule has 2 aliphatic carbocycles. The van der Waals surface area contributed by atoms with Crippen molar-refractivity contribution in [3.05, 3.63) is 27.7 Å². The van der Waals surface area contributed by atoms with E-state index in [0.717, 1.165) is 62.8 Å². The molecular formula is C19H28N4O. The molecule has 0 unspecified atom stereocenters. The van der Waals surface area contributed by atoms with Gasteiger partial charge in [-0.05, 0) is 77.6 Å². The van der Waals surface area contributed by atoms with E-state index in [0.29, 0.717) is 6.04 Å². The molecule has 0 bridgehead atoms. The Morgan fingerprint density at radius 3 is 2.58 bits per heavy atom. The smallest absolute Gasteiger partial charge is 0.255 e. The van der Waals surface area contributed by atoms with Crippen LogP contribution in [0.5, 0.6) is 0 Å². The van der Waals surface area contributed by atoms with Gasteiger partial charge in [0.05, 0.1) is 6.20 Å². The predicted molar refractivity (Wildman–Crippen MR) is 96.7 cm³/mol. The molecule has 2 aliphatic rings. The molecule has 2 aromatic heterocycles. The Balaban J connectivity index is 1.83. The van der Waals surface area contributed by atoms with E-state index in [-0.39, 0.29) is 5.56 Å². The number of aryl methyl sites for hydroxylation is 2. The minimum absolute atomic E-state index is 0.274. The van der Waals surface area contributed by atoms with Crippen LogP contribution in [-0.4, -0.2) is 39.9 Å². The van der Waals surface area contributed by atoms with Crippen LogP contribution >= 0.6 is 0 Å². The van der Waals surface area contributed by atoms with Crippen LogP contribution < -0.4 is 5.56 Å². The van der Waals surface area contributed by atoms with Crippen LogP contribution in [0.3, 0.4) is 0 Å². The first kappa shape index (κ1) is 15.9. The molecule has 0 aromatic carbocycles. The molecule has 5 nitrogen and oxygen atoms in total. The minimum atomic E-state index is 0.274. The van der Waals surface area contributed by atoms with E-state index in [9.17, 15) is 4.79 Å². The van der Waals surface area contributed by atoms with Gasteiger partial charge in [0, 0.05) is 23.5 Å². The number of rotatable bonds is 5. The van der Waals surface area contributed by atoms with E-state index in [2.05, 4.69) is 33.3 Å². The molecule has 5 heteroatoms. The van der Waals surface area contributed by atoms with Crippen LogP contribution in [0, 0.1) is 0 Å². The lowest BCUT2D eigenvalue weighted by Crippen LogP contribution is -2.34. The van der Waals surface area contributed by atoms with Crippen molar-refractivity contribution >= 4 is 11.0 Å². The Hall–Kier alpha value is -1.62. The maximum atomic E-state index is 13.2. The molecular weight excluding hydrogens is 300 g/mol. The molecule has 2 aromatic rings. The average Bonchev–Trinajstić information content (AvgIpc) is 2.93. The molecule has 0 saturated heterocycles. The zero-order valence-corrected chi connectivity index (χ0v) is 14.9. The summed E-state index contributed by atoms with van der Waals surface area (Å²) in [6.07, 6.45) is 10.9. The highest BCUT2D eigenvalue weighted by Crippen LogP contribution is 2.35. The Morgan fingerprint density at radius 1 is 1.17 bits per heavy atom. The highest BCUT2D eigenvalue weighted by atomic mass is 16.1. The van der Waals surface area contributed by atoms with Crippen molar-refractivity contribution in [2.75, 3.05) is 20.6 Å². The van der Waals surface area contributed by atoms with Gasteiger partial charge in [0.15, 0.2) is 0 Å². The number of pyridine rings is 1. The number of fused-ring (bicyclic) bond motifs is 3. The Labute approximate surface area is 143 Å². The van der Waals surface area contributed by atoms with Gasteiger partial charge in [-0.2, -0.15) is 5.10 Å². The van der Waals surface area contributed by atoms with E-state index in [4.69, 9.17) is 0 Å². The highest BCUT2D eigenvalue weighted by molar-refractivity contribution is 5.81. The van der Waals surface area contributed by atoms with E-state index in [1.807, 2.05) is 6.20 Å². The summed E-state index contributed by atoms with van der Waals surface area (Å²) in [6.45, 7) is 1.92. The van der Waals surface area contributed by atoms with Crippen LogP contribution in [0.4, 0.5) is 0 Å². The van der Waals surface area contributed by atoms with Crippen LogP contribution in [0.15, 0.2) is 11.0 Å². The fourth-order valence-electron chi connectivity index (χ4n) is 4.21. The van der Waals surface area contributed by atoms with Gasteiger partial charge in [-0.15, -0.1) is 0 Å². The Morgan fingerprint density at radius 2 is 1.92 bits per heavy atom. The molecule has 0 atom stereocenters. The van der Waals surface area contributed by atoms with Crippen molar-refractivity contribution in [2.24, 2.45) is 0 Å². The van der Waals surface area contributed by atoms with Crippen molar-refractivity contribution in [3.8, 4) is 0 Å². The number of hydrogen-bond donors (Lipinski definition) is 0. The van der Waals surface area contributed by atoms with Gasteiger partial charge in [0.25, 0.3) is 5.56 Å². The summed E-state index contributed by atoms with van der Waals surface area (Å²) in [5.41, 5.74) is 3.73. The van der Waals surface area contributed by atoms with E-state index in [1.165, 1.54) is 23.8 Å². The molecule has 1 fully saturated rings. The average molecular weight is 328 g/mol. The first-order valence-electron chi connectivity index (χ1n) is 9.43. The number of nitrogens with zero attached hydrogens (tertiary/aromatic N) is 4. The van der Waals surface area contributed by atoms with Crippen molar-refractivity contribution in [1.82, 2.24) is 19.2 Å². The molecule has 0 amide bonds. The van der Waals surface area contributed by atoms with E-state index in [1.54, 1.807) is 0 Å². The number of aromatic nitrogens is 3. The normalized spacial score (nSPS) is 18.1. The van der Waals surface area contributed by atoms with Gasteiger partial charge in [-0.25, -0.2) is 4.68 Å². The van der Waals surface area contributed by atoms with Crippen molar-refractivity contribution in [2.45, 2.75) is 64.0 Å². The monoisotopic (exact) mass is 328 g/mol. The molecule has 1 saturated carbocycles. The molecule has 0 aliphatic heterocycles. The van der Waals surface area contributed by atoms with Gasteiger partial charge in [0.1, 0.15) is 5.65 Å². The molecule has 4 rings (SSSR count). The third-order valence-corrected chi connectivity index (χ3v) is 5.72. The topological polar surface area (TPSA) is 43.1 Å². The van der Waals surface area contributed by atoms with Gasteiger partial charge in [-0.1, -0.05) is 0 Å². The summed E-state index contributed by atoms with van der Waals surface area (Å²) < 4.78 is 4.19. The van der Waals surface area contributed by atoms with Crippen LogP contribution in [0.25, 0.3) is 11.0 Å². The molecule has 2 heterocycles. The lowest BCUT2D eigenvalue weighted by atomic mass is 9.88. The molecule has 0 radical (unpaired) electrons. The zero-order valence-electron chi connectivity index (χ0n) is 14.9. The summed E-state index contributed by atoms with van der Waals surface area (Å²) in [4.78, 5) is 15.4. The summed E-state index contributed by atoms with van der Waals surface area (Å²) in [6, 6.07) is 0.386. The van der Waals surface area contributed by atoms with Gasteiger partial charge in [0.2, 0.25) is 0 Å². The largest absolute Gasteiger partial charge is 0.309 e. The molecule has 0 N–H and O–H groups in total.